The molecule has 4 nitrogen and oxygen atoms in total. The van der Waals surface area contributed by atoms with Crippen LogP contribution in [-0.2, 0) is 0 Å². The SMILES string of the molecule is NC1CCC(NC2CC(CCCCCCO)C[CH]N2)CC1. The Kier molecular flexibility index (Phi) is 8.01. The highest BCUT2D eigenvalue weighted by Crippen LogP contribution is 2.25. The maximum Gasteiger partial charge on any atom is 0.0579 e. The van der Waals surface area contributed by atoms with Crippen LogP contribution in [0, 0.1) is 12.5 Å². The molecule has 2 unspecified atom stereocenters. The van der Waals surface area contributed by atoms with Gasteiger partial charge in [-0.15, -0.1) is 0 Å². The van der Waals surface area contributed by atoms with Gasteiger partial charge >= 0.3 is 0 Å². The average molecular weight is 296 g/mol. The summed E-state index contributed by atoms with van der Waals surface area (Å²) in [6.45, 7) is 2.60. The van der Waals surface area contributed by atoms with E-state index in [2.05, 4.69) is 17.2 Å². The van der Waals surface area contributed by atoms with Gasteiger partial charge in [-0.1, -0.05) is 25.7 Å². The second kappa shape index (κ2) is 9.78. The van der Waals surface area contributed by atoms with Crippen LogP contribution in [0.4, 0.5) is 0 Å². The minimum absolute atomic E-state index is 0.345. The molecule has 0 aromatic carbocycles. The molecule has 1 saturated heterocycles. The molecule has 2 rings (SSSR count). The van der Waals surface area contributed by atoms with Crippen molar-refractivity contribution < 1.29 is 5.11 Å². The normalized spacial score (nSPS) is 34.0. The predicted octanol–water partition coefficient (Wildman–Crippen LogP) is 2.28. The Morgan fingerprint density at radius 2 is 1.86 bits per heavy atom. The number of nitrogens with two attached hydrogens (primary N) is 1. The van der Waals surface area contributed by atoms with Crippen molar-refractivity contribution in [1.82, 2.24) is 10.6 Å². The Bertz CT molecular complexity index is 267. The third-order valence-electron chi connectivity index (χ3n) is 5.07. The van der Waals surface area contributed by atoms with Crippen LogP contribution in [0.15, 0.2) is 0 Å². The molecule has 0 aromatic rings. The molecule has 21 heavy (non-hydrogen) atoms. The molecule has 4 heteroatoms. The lowest BCUT2D eigenvalue weighted by atomic mass is 9.88. The van der Waals surface area contributed by atoms with E-state index < -0.39 is 0 Å². The molecule has 1 aliphatic carbocycles. The van der Waals surface area contributed by atoms with E-state index in [1.165, 1.54) is 64.2 Å². The predicted molar refractivity (Wildman–Crippen MR) is 87.5 cm³/mol. The number of aliphatic hydroxyl groups is 1. The number of aliphatic hydroxyl groups excluding tert-OH is 1. The first-order valence-corrected chi connectivity index (χ1v) is 8.98. The Morgan fingerprint density at radius 1 is 1.10 bits per heavy atom. The standard InChI is InChI=1S/C17H34N3O/c18-15-6-8-16(9-7-15)20-17-13-14(10-11-19-17)5-3-1-2-4-12-21/h11,14-17,19-21H,1-10,12-13,18H2. The van der Waals surface area contributed by atoms with Crippen molar-refractivity contribution in [2.45, 2.75) is 88.9 Å². The molecule has 0 bridgehead atoms. The van der Waals surface area contributed by atoms with E-state index in [0.29, 0.717) is 24.9 Å². The summed E-state index contributed by atoms with van der Waals surface area (Å²) < 4.78 is 0. The maximum atomic E-state index is 8.79. The first kappa shape index (κ1) is 17.2. The van der Waals surface area contributed by atoms with Crippen LogP contribution in [-0.4, -0.2) is 30.0 Å². The van der Waals surface area contributed by atoms with Gasteiger partial charge in [0.05, 0.1) is 6.17 Å². The highest BCUT2D eigenvalue weighted by Gasteiger charge is 2.25. The smallest absolute Gasteiger partial charge is 0.0579 e. The van der Waals surface area contributed by atoms with Crippen molar-refractivity contribution in [3.8, 4) is 0 Å². The third-order valence-corrected chi connectivity index (χ3v) is 5.07. The first-order chi connectivity index (χ1) is 10.3. The Labute approximate surface area is 130 Å². The molecular weight excluding hydrogens is 262 g/mol. The van der Waals surface area contributed by atoms with Crippen molar-refractivity contribution in [1.29, 1.82) is 0 Å². The molecular formula is C17H34N3O. The maximum absolute atomic E-state index is 8.79. The summed E-state index contributed by atoms with van der Waals surface area (Å²) in [6, 6.07) is 1.08. The molecule has 1 heterocycles. The molecule has 2 atom stereocenters. The number of piperidine rings is 1. The van der Waals surface area contributed by atoms with E-state index in [4.69, 9.17) is 10.8 Å². The van der Waals surface area contributed by atoms with E-state index in [0.717, 1.165) is 12.3 Å². The molecule has 5 N–H and O–H groups in total. The second-order valence-corrected chi connectivity index (χ2v) is 6.97. The summed E-state index contributed by atoms with van der Waals surface area (Å²) in [6.07, 6.45) is 13.7. The van der Waals surface area contributed by atoms with Gasteiger partial charge in [0.25, 0.3) is 0 Å². The molecule has 0 spiro atoms. The van der Waals surface area contributed by atoms with Crippen molar-refractivity contribution in [2.24, 2.45) is 11.7 Å². The summed E-state index contributed by atoms with van der Waals surface area (Å²) in [5, 5.41) is 16.1. The van der Waals surface area contributed by atoms with Crippen LogP contribution in [0.3, 0.4) is 0 Å². The lowest BCUT2D eigenvalue weighted by Crippen LogP contribution is -2.51. The lowest BCUT2D eigenvalue weighted by Gasteiger charge is -2.35. The summed E-state index contributed by atoms with van der Waals surface area (Å²) in [5.74, 6) is 0.823. The van der Waals surface area contributed by atoms with Crippen LogP contribution in [0.25, 0.3) is 0 Å². The summed E-state index contributed by atoms with van der Waals surface area (Å²) >= 11 is 0. The van der Waals surface area contributed by atoms with Gasteiger partial charge in [-0.25, -0.2) is 0 Å². The highest BCUT2D eigenvalue weighted by molar-refractivity contribution is 4.87. The van der Waals surface area contributed by atoms with Gasteiger partial charge < -0.3 is 10.8 Å². The summed E-state index contributed by atoms with van der Waals surface area (Å²) in [7, 11) is 0. The van der Waals surface area contributed by atoms with Crippen LogP contribution < -0.4 is 16.4 Å². The Hall–Kier alpha value is -0.160. The minimum atomic E-state index is 0.345. The second-order valence-electron chi connectivity index (χ2n) is 6.97. The molecule has 123 valence electrons. The molecule has 1 aliphatic heterocycles. The van der Waals surface area contributed by atoms with Gasteiger partial charge in [0.1, 0.15) is 0 Å². The molecule has 0 amide bonds. The number of hydrogen-bond donors (Lipinski definition) is 4. The summed E-state index contributed by atoms with van der Waals surface area (Å²) in [4.78, 5) is 0. The van der Waals surface area contributed by atoms with Crippen LogP contribution >= 0.6 is 0 Å². The highest BCUT2D eigenvalue weighted by atomic mass is 16.2. The van der Waals surface area contributed by atoms with Crippen molar-refractivity contribution >= 4 is 0 Å². The molecule has 0 aromatic heterocycles. The fourth-order valence-corrected chi connectivity index (χ4v) is 3.70. The van der Waals surface area contributed by atoms with E-state index in [1.807, 2.05) is 0 Å². The van der Waals surface area contributed by atoms with E-state index in [-0.39, 0.29) is 0 Å². The van der Waals surface area contributed by atoms with E-state index >= 15 is 0 Å². The quantitative estimate of drug-likeness (QED) is 0.519. The topological polar surface area (TPSA) is 70.3 Å². The van der Waals surface area contributed by atoms with Crippen LogP contribution in [0.1, 0.15) is 70.6 Å². The van der Waals surface area contributed by atoms with Gasteiger partial charge in [0.2, 0.25) is 0 Å². The van der Waals surface area contributed by atoms with Crippen molar-refractivity contribution in [2.75, 3.05) is 6.61 Å². The molecule has 2 fully saturated rings. The van der Waals surface area contributed by atoms with Gasteiger partial charge in [-0.05, 0) is 50.9 Å². The zero-order valence-electron chi connectivity index (χ0n) is 13.4. The Balaban J connectivity index is 1.59. The lowest BCUT2D eigenvalue weighted by molar-refractivity contribution is 0.233. The molecule has 1 saturated carbocycles. The number of rotatable bonds is 8. The minimum Gasteiger partial charge on any atom is -0.396 e. The number of unbranched alkanes of at least 4 members (excludes halogenated alkanes) is 3. The zero-order valence-corrected chi connectivity index (χ0v) is 13.4. The third kappa shape index (κ3) is 6.64. The fraction of sp³-hybridized carbons (Fsp3) is 0.941. The van der Waals surface area contributed by atoms with Crippen LogP contribution in [0.2, 0.25) is 0 Å². The van der Waals surface area contributed by atoms with Gasteiger partial charge in [-0.3, -0.25) is 10.6 Å². The van der Waals surface area contributed by atoms with Crippen molar-refractivity contribution in [3.63, 3.8) is 0 Å². The number of hydrogen-bond acceptors (Lipinski definition) is 4. The average Bonchev–Trinajstić information content (AvgIpc) is 2.50. The van der Waals surface area contributed by atoms with Crippen molar-refractivity contribution in [3.05, 3.63) is 6.54 Å². The first-order valence-electron chi connectivity index (χ1n) is 8.98. The van der Waals surface area contributed by atoms with E-state index in [1.54, 1.807) is 0 Å². The zero-order chi connectivity index (χ0) is 14.9. The Morgan fingerprint density at radius 3 is 2.62 bits per heavy atom. The number of nitrogens with one attached hydrogen (secondary N) is 2. The molecule has 2 aliphatic rings. The van der Waals surface area contributed by atoms with Gasteiger partial charge in [0, 0.05) is 25.2 Å². The molecule has 1 radical (unpaired) electrons. The largest absolute Gasteiger partial charge is 0.396 e. The van der Waals surface area contributed by atoms with E-state index in [9.17, 15) is 0 Å². The summed E-state index contributed by atoms with van der Waals surface area (Å²) in [5.41, 5.74) is 5.98. The fourth-order valence-electron chi connectivity index (χ4n) is 3.70. The van der Waals surface area contributed by atoms with Crippen LogP contribution in [0.5, 0.6) is 0 Å². The van der Waals surface area contributed by atoms with Gasteiger partial charge in [0.15, 0.2) is 0 Å². The van der Waals surface area contributed by atoms with Gasteiger partial charge in [-0.2, -0.15) is 0 Å². The monoisotopic (exact) mass is 296 g/mol.